The zero-order valence-electron chi connectivity index (χ0n) is 20.3. The molecule has 0 bridgehead atoms. The number of halogens is 1. The van der Waals surface area contributed by atoms with E-state index in [0.717, 1.165) is 0 Å². The van der Waals surface area contributed by atoms with Crippen LogP contribution in [0, 0.1) is 0 Å². The number of methoxy groups -OCH3 is 1. The van der Waals surface area contributed by atoms with Crippen molar-refractivity contribution < 1.29 is 22.7 Å². The second kappa shape index (κ2) is 10.1. The number of hydrogen-bond donors (Lipinski definition) is 0. The normalized spacial score (nSPS) is 15.1. The van der Waals surface area contributed by atoms with Crippen LogP contribution >= 0.6 is 11.6 Å². The highest BCUT2D eigenvalue weighted by Crippen LogP contribution is 2.37. The van der Waals surface area contributed by atoms with Crippen LogP contribution in [0.1, 0.15) is 25.8 Å². The number of benzene rings is 2. The fourth-order valence-corrected chi connectivity index (χ4v) is 6.48. The second-order valence-electron chi connectivity index (χ2n) is 8.67. The van der Waals surface area contributed by atoms with Crippen molar-refractivity contribution in [3.8, 4) is 22.9 Å². The van der Waals surface area contributed by atoms with E-state index in [-0.39, 0.29) is 16.0 Å². The van der Waals surface area contributed by atoms with Gasteiger partial charge in [0.25, 0.3) is 0 Å². The van der Waals surface area contributed by atoms with Gasteiger partial charge in [0.05, 0.1) is 22.6 Å². The minimum atomic E-state index is -3.73. The molecule has 0 atom stereocenters. The number of nitrogens with zero attached hydrogens (tertiary/aromatic N) is 4. The molecule has 0 radical (unpaired) electrons. The van der Waals surface area contributed by atoms with Gasteiger partial charge in [0.15, 0.2) is 5.65 Å². The maximum Gasteiger partial charge on any atom is 0.308 e. The lowest BCUT2D eigenvalue weighted by Gasteiger charge is -2.32. The monoisotopic (exact) mass is 540 g/mol. The molecule has 0 amide bonds. The van der Waals surface area contributed by atoms with Crippen molar-refractivity contribution in [2.45, 2.75) is 30.7 Å². The zero-order valence-corrected chi connectivity index (χ0v) is 21.9. The Morgan fingerprint density at radius 1 is 1.05 bits per heavy atom. The van der Waals surface area contributed by atoms with E-state index in [0.29, 0.717) is 60.0 Å². The number of fused-ring (bicyclic) bond motifs is 1. The Kier molecular flexibility index (Phi) is 6.89. The standard InChI is InChI=1S/C26H25ClN4O5S/c1-17(32)36-23-8-4-3-6-20(23)25-29-22-7-5-13-28-26(22)31(25)18-11-14-30(15-12-18)37(33,34)19-9-10-24(35-2)21(27)16-19/h3-10,13,16,18H,11-12,14-15H2,1-2H3. The topological polar surface area (TPSA) is 104 Å². The molecule has 1 fully saturated rings. The summed E-state index contributed by atoms with van der Waals surface area (Å²) in [4.78, 5) is 21.2. The van der Waals surface area contributed by atoms with Crippen molar-refractivity contribution in [2.75, 3.05) is 20.2 Å². The van der Waals surface area contributed by atoms with Gasteiger partial charge in [-0.05, 0) is 55.3 Å². The molecule has 1 aliphatic rings. The molecule has 2 aromatic carbocycles. The SMILES string of the molecule is COc1ccc(S(=O)(=O)N2CCC(n3c(-c4ccccc4OC(C)=O)nc4cccnc43)CC2)cc1Cl. The summed E-state index contributed by atoms with van der Waals surface area (Å²) in [6.07, 6.45) is 2.80. The van der Waals surface area contributed by atoms with Gasteiger partial charge < -0.3 is 14.0 Å². The Balaban J connectivity index is 1.47. The predicted octanol–water partition coefficient (Wildman–Crippen LogP) is 4.71. The van der Waals surface area contributed by atoms with E-state index in [1.165, 1.54) is 30.5 Å². The third kappa shape index (κ3) is 4.79. The van der Waals surface area contributed by atoms with Crippen LogP contribution in [0.5, 0.6) is 11.5 Å². The molecule has 0 spiro atoms. The van der Waals surface area contributed by atoms with Crippen LogP contribution in [-0.2, 0) is 14.8 Å². The average Bonchev–Trinajstić information content (AvgIpc) is 3.28. The highest BCUT2D eigenvalue weighted by Gasteiger charge is 2.32. The molecular weight excluding hydrogens is 516 g/mol. The molecule has 4 aromatic rings. The zero-order chi connectivity index (χ0) is 26.2. The summed E-state index contributed by atoms with van der Waals surface area (Å²) in [6.45, 7) is 1.98. The first-order valence-corrected chi connectivity index (χ1v) is 13.6. The van der Waals surface area contributed by atoms with Crippen molar-refractivity contribution in [1.82, 2.24) is 18.8 Å². The van der Waals surface area contributed by atoms with E-state index in [4.69, 9.17) is 26.1 Å². The van der Waals surface area contributed by atoms with Crippen LogP contribution in [0.3, 0.4) is 0 Å². The number of esters is 1. The number of sulfonamides is 1. The summed E-state index contributed by atoms with van der Waals surface area (Å²) < 4.78 is 40.8. The molecule has 0 aliphatic carbocycles. The maximum absolute atomic E-state index is 13.3. The number of piperidine rings is 1. The molecule has 0 N–H and O–H groups in total. The molecule has 3 heterocycles. The van der Waals surface area contributed by atoms with Gasteiger partial charge >= 0.3 is 5.97 Å². The summed E-state index contributed by atoms with van der Waals surface area (Å²) in [5, 5.41) is 0.241. The molecule has 37 heavy (non-hydrogen) atoms. The Bertz CT molecular complexity index is 1580. The van der Waals surface area contributed by atoms with Crippen LogP contribution < -0.4 is 9.47 Å². The van der Waals surface area contributed by atoms with E-state index in [2.05, 4.69) is 4.98 Å². The van der Waals surface area contributed by atoms with Gasteiger partial charge in [-0.1, -0.05) is 23.7 Å². The van der Waals surface area contributed by atoms with Crippen molar-refractivity contribution >= 4 is 38.8 Å². The predicted molar refractivity (Wildman–Crippen MR) is 139 cm³/mol. The van der Waals surface area contributed by atoms with Crippen LogP contribution in [0.4, 0.5) is 0 Å². The summed E-state index contributed by atoms with van der Waals surface area (Å²) in [6, 6.07) is 15.3. The maximum atomic E-state index is 13.3. The number of carbonyl (C=O) groups is 1. The first-order chi connectivity index (χ1) is 17.8. The minimum absolute atomic E-state index is 0.0637. The minimum Gasteiger partial charge on any atom is -0.495 e. The van der Waals surface area contributed by atoms with Crippen LogP contribution in [0.25, 0.3) is 22.6 Å². The lowest BCUT2D eigenvalue weighted by atomic mass is 10.1. The quantitative estimate of drug-likeness (QED) is 0.257. The van der Waals surface area contributed by atoms with Crippen molar-refractivity contribution in [3.63, 3.8) is 0 Å². The van der Waals surface area contributed by atoms with Crippen LogP contribution in [0.15, 0.2) is 65.7 Å². The summed E-state index contributed by atoms with van der Waals surface area (Å²) in [7, 11) is -2.25. The fourth-order valence-electron chi connectivity index (χ4n) is 4.66. The van der Waals surface area contributed by atoms with E-state index < -0.39 is 16.0 Å². The molecule has 0 unspecified atom stereocenters. The smallest absolute Gasteiger partial charge is 0.308 e. The van der Waals surface area contributed by atoms with E-state index in [1.807, 2.05) is 28.8 Å². The molecule has 5 rings (SSSR count). The summed E-state index contributed by atoms with van der Waals surface area (Å²) >= 11 is 6.18. The fraction of sp³-hybridized carbons (Fsp3) is 0.269. The van der Waals surface area contributed by atoms with E-state index in [9.17, 15) is 13.2 Å². The highest BCUT2D eigenvalue weighted by molar-refractivity contribution is 7.89. The highest BCUT2D eigenvalue weighted by atomic mass is 35.5. The Labute approximate surface area is 219 Å². The van der Waals surface area contributed by atoms with E-state index in [1.54, 1.807) is 24.4 Å². The van der Waals surface area contributed by atoms with Crippen LogP contribution in [-0.4, -0.2) is 53.4 Å². The summed E-state index contributed by atoms with van der Waals surface area (Å²) in [5.74, 6) is 1.02. The number of pyridine rings is 1. The Morgan fingerprint density at radius 2 is 1.81 bits per heavy atom. The summed E-state index contributed by atoms with van der Waals surface area (Å²) in [5.41, 5.74) is 2.06. The van der Waals surface area contributed by atoms with Crippen molar-refractivity contribution in [2.24, 2.45) is 0 Å². The number of imidazole rings is 1. The first kappa shape index (κ1) is 25.2. The second-order valence-corrected chi connectivity index (χ2v) is 11.0. The third-order valence-corrected chi connectivity index (χ3v) is 8.57. The number of carbonyl (C=O) groups excluding carboxylic acids is 1. The first-order valence-electron chi connectivity index (χ1n) is 11.7. The van der Waals surface area contributed by atoms with Gasteiger partial charge in [0.1, 0.15) is 22.8 Å². The Hall–Kier alpha value is -3.47. The number of aromatic nitrogens is 3. The van der Waals surface area contributed by atoms with Gasteiger partial charge in [0.2, 0.25) is 10.0 Å². The molecule has 11 heteroatoms. The number of hydrogen-bond acceptors (Lipinski definition) is 7. The lowest BCUT2D eigenvalue weighted by molar-refractivity contribution is -0.131. The molecule has 2 aromatic heterocycles. The van der Waals surface area contributed by atoms with E-state index >= 15 is 0 Å². The molecule has 1 saturated heterocycles. The van der Waals surface area contributed by atoms with Gasteiger partial charge in [-0.15, -0.1) is 0 Å². The molecule has 9 nitrogen and oxygen atoms in total. The number of rotatable bonds is 6. The average molecular weight is 541 g/mol. The van der Waals surface area contributed by atoms with Crippen LogP contribution in [0.2, 0.25) is 5.02 Å². The van der Waals surface area contributed by atoms with Gasteiger partial charge in [-0.3, -0.25) is 4.79 Å². The third-order valence-electron chi connectivity index (χ3n) is 6.38. The molecule has 192 valence electrons. The molecule has 1 aliphatic heterocycles. The molecular formula is C26H25ClN4O5S. The number of para-hydroxylation sites is 1. The van der Waals surface area contributed by atoms with Crippen molar-refractivity contribution in [1.29, 1.82) is 0 Å². The number of ether oxygens (including phenoxy) is 2. The van der Waals surface area contributed by atoms with Gasteiger partial charge in [-0.25, -0.2) is 18.4 Å². The molecule has 0 saturated carbocycles. The Morgan fingerprint density at radius 3 is 2.51 bits per heavy atom. The lowest BCUT2D eigenvalue weighted by Crippen LogP contribution is -2.39. The van der Waals surface area contributed by atoms with Gasteiger partial charge in [-0.2, -0.15) is 4.31 Å². The largest absolute Gasteiger partial charge is 0.495 e. The van der Waals surface area contributed by atoms with Gasteiger partial charge in [0, 0.05) is 32.3 Å². The van der Waals surface area contributed by atoms with Crippen molar-refractivity contribution in [3.05, 3.63) is 65.8 Å².